The topological polar surface area (TPSA) is 391 Å². The van der Waals surface area contributed by atoms with Gasteiger partial charge in [-0.3, -0.25) is 27.6 Å². The maximum absolute atomic E-state index is 12.8. The van der Waals surface area contributed by atoms with E-state index in [1.54, 1.807) is 74.5 Å². The molecule has 0 fully saturated rings. The zero-order chi connectivity index (χ0) is 60.9. The van der Waals surface area contributed by atoms with Crippen LogP contribution in [0.15, 0.2) is 136 Å². The van der Waals surface area contributed by atoms with E-state index in [1.807, 2.05) is 0 Å². The van der Waals surface area contributed by atoms with Crippen LogP contribution in [0.4, 0.5) is 56.9 Å². The lowest BCUT2D eigenvalue weighted by molar-refractivity contribution is -0.115. The minimum Gasteiger partial charge on any atom is -0.493 e. The number of nitrogens with one attached hydrogen (secondary N) is 2. The number of aromatic nitrogens is 2. The van der Waals surface area contributed by atoms with E-state index in [4.69, 9.17) is 16.3 Å². The summed E-state index contributed by atoms with van der Waals surface area (Å²) in [5, 5.41) is 63.3. The largest absolute Gasteiger partial charge is 0.493 e. The fourth-order valence-electron chi connectivity index (χ4n) is 7.79. The number of nitriles is 1. The number of halogens is 1. The number of hydrogen-bond donors (Lipinski definition) is 6. The van der Waals surface area contributed by atoms with Gasteiger partial charge < -0.3 is 20.5 Å². The van der Waals surface area contributed by atoms with Crippen molar-refractivity contribution in [2.45, 2.75) is 63.2 Å². The average molecular weight is 1260 g/mol. The molecule has 0 saturated heterocycles. The summed E-state index contributed by atoms with van der Waals surface area (Å²) in [6.45, 7) is 5.71. The number of nitrogens with zero attached hydrogens (tertiary/aromatic N) is 11. The van der Waals surface area contributed by atoms with Crippen LogP contribution in [0.3, 0.4) is 0 Å². The molecule has 2 aromatic heterocycles. The maximum atomic E-state index is 12.8. The van der Waals surface area contributed by atoms with Gasteiger partial charge >= 0.3 is 0 Å². The number of pyridine rings is 1. The van der Waals surface area contributed by atoms with E-state index in [0.717, 1.165) is 23.5 Å². The third kappa shape index (κ3) is 18.1. The molecule has 2 amide bonds. The lowest BCUT2D eigenvalue weighted by Gasteiger charge is -2.13. The second-order valence-electron chi connectivity index (χ2n) is 18.3. The number of imidazole rings is 1. The Morgan fingerprint density at radius 2 is 1.17 bits per heavy atom. The lowest BCUT2D eigenvalue weighted by atomic mass is 10.1. The van der Waals surface area contributed by atoms with Gasteiger partial charge in [0.1, 0.15) is 45.8 Å². The predicted octanol–water partition coefficient (Wildman–Crippen LogP) is 13.7. The van der Waals surface area contributed by atoms with E-state index < -0.39 is 59.4 Å². The van der Waals surface area contributed by atoms with Crippen LogP contribution in [0.1, 0.15) is 56.2 Å². The summed E-state index contributed by atoms with van der Waals surface area (Å²) < 4.78 is 105. The van der Waals surface area contributed by atoms with E-state index in [2.05, 4.69) is 62.6 Å². The molecule has 0 spiro atoms. The van der Waals surface area contributed by atoms with E-state index in [-0.39, 0.29) is 123 Å². The van der Waals surface area contributed by atoms with Gasteiger partial charge in [-0.2, -0.15) is 40.7 Å². The van der Waals surface area contributed by atoms with Crippen LogP contribution in [0.5, 0.6) is 11.6 Å². The first kappa shape index (κ1) is 63.8. The molecule has 0 atom stereocenters. The maximum Gasteiger partial charge on any atom is 0.264 e. The number of carbonyl (C=O) groups is 2. The van der Waals surface area contributed by atoms with Crippen LogP contribution in [0, 0.1) is 25.2 Å². The van der Waals surface area contributed by atoms with Gasteiger partial charge in [0, 0.05) is 40.3 Å². The highest BCUT2D eigenvalue weighted by Crippen LogP contribution is 2.45. The number of ether oxygens (including phenoxy) is 1. The van der Waals surface area contributed by atoms with Crippen molar-refractivity contribution in [1.29, 1.82) is 5.26 Å². The molecule has 0 aliphatic carbocycles. The minimum absolute atomic E-state index is 0.0157. The highest BCUT2D eigenvalue weighted by molar-refractivity contribution is 7.99. The van der Waals surface area contributed by atoms with E-state index in [0.29, 0.717) is 37.1 Å². The number of para-hydroxylation sites is 2. The Morgan fingerprint density at radius 1 is 0.655 bits per heavy atom. The van der Waals surface area contributed by atoms with Gasteiger partial charge in [0.25, 0.3) is 30.4 Å². The molecule has 0 aliphatic heterocycles. The number of hydrogen-bond acceptors (Lipinski definition) is 22. The van der Waals surface area contributed by atoms with Crippen LogP contribution in [-0.4, -0.2) is 101 Å². The molecular formula is C52H52ClN13O13S5. The van der Waals surface area contributed by atoms with Crippen molar-refractivity contribution in [2.75, 3.05) is 46.0 Å². The van der Waals surface area contributed by atoms with Crippen LogP contribution in [0.25, 0.3) is 16.7 Å². The van der Waals surface area contributed by atoms with Crippen molar-refractivity contribution < 1.29 is 58.3 Å². The summed E-state index contributed by atoms with van der Waals surface area (Å²) >= 11 is 8.29. The summed E-state index contributed by atoms with van der Waals surface area (Å²) in [6, 6.07) is 24.5. The van der Waals surface area contributed by atoms with Crippen LogP contribution >= 0.6 is 35.1 Å². The number of unbranched alkanes of at least 4 members (excludes halogenated alkanes) is 1. The van der Waals surface area contributed by atoms with E-state index in [1.165, 1.54) is 42.5 Å². The predicted molar refractivity (Wildman–Crippen MR) is 319 cm³/mol. The van der Waals surface area contributed by atoms with Crippen molar-refractivity contribution in [3.8, 4) is 17.7 Å². The molecule has 6 N–H and O–H groups in total. The Bertz CT molecular complexity index is 4200. The summed E-state index contributed by atoms with van der Waals surface area (Å²) in [4.78, 5) is 30.6. The number of benzene rings is 5. The van der Waals surface area contributed by atoms with Crippen molar-refractivity contribution in [1.82, 2.24) is 9.38 Å². The Labute approximate surface area is 495 Å². The van der Waals surface area contributed by atoms with Crippen molar-refractivity contribution in [2.24, 2.45) is 40.9 Å². The molecule has 0 radical (unpaired) electrons. The second-order valence-corrected chi connectivity index (χ2v) is 25.7. The first-order valence-corrected chi connectivity index (χ1v) is 32.2. The van der Waals surface area contributed by atoms with Crippen molar-refractivity contribution >= 4 is 151 Å². The molecule has 0 saturated carbocycles. The average Bonchev–Trinajstić information content (AvgIpc) is 3.90. The minimum atomic E-state index is -4.34. The third-order valence-corrected chi connectivity index (χ3v) is 16.6. The van der Waals surface area contributed by atoms with Gasteiger partial charge in [-0.25, -0.2) is 4.98 Å². The number of amides is 2. The molecule has 0 bridgehead atoms. The SMILES string of the molecule is CC(=O)Nc1cc(N=Nc2cc(SCCCS(=O)(=O)O)c(N=Nc3cc(OCCCCS(=O)(=O)O)c(N=Nc4c(C)c(C#N)c5nc6ccccc6n5c4O)cc3C)cc2NC(C)=O)c(SCCCS(=O)(=O)O)cc1N=Nc1ccc(Cl)cc1. The second kappa shape index (κ2) is 28.2. The van der Waals surface area contributed by atoms with Crippen LogP contribution in [0.2, 0.25) is 5.02 Å². The van der Waals surface area contributed by atoms with Gasteiger partial charge in [0.05, 0.1) is 57.6 Å². The number of fused-ring (bicyclic) bond motifs is 3. The van der Waals surface area contributed by atoms with Crippen LogP contribution in [-0.2, 0) is 39.9 Å². The molecular weight excluding hydrogens is 1210 g/mol. The molecule has 84 heavy (non-hydrogen) atoms. The Morgan fingerprint density at radius 3 is 1.71 bits per heavy atom. The van der Waals surface area contributed by atoms with E-state index in [9.17, 15) is 58.9 Å². The zero-order valence-electron chi connectivity index (χ0n) is 45.0. The van der Waals surface area contributed by atoms with Gasteiger partial charge in [0.2, 0.25) is 17.7 Å². The van der Waals surface area contributed by atoms with E-state index >= 15 is 0 Å². The molecule has 26 nitrogen and oxygen atoms in total. The molecule has 440 valence electrons. The quantitative estimate of drug-likeness (QED) is 0.0127. The first-order valence-electron chi connectivity index (χ1n) is 25.0. The number of aryl methyl sites for hydroxylation is 1. The monoisotopic (exact) mass is 1260 g/mol. The zero-order valence-corrected chi connectivity index (χ0v) is 49.8. The Balaban J connectivity index is 1.31. The molecule has 32 heteroatoms. The summed E-state index contributed by atoms with van der Waals surface area (Å²) in [6.07, 6.45) is 0.215. The van der Waals surface area contributed by atoms with Gasteiger partial charge in [-0.1, -0.05) is 23.7 Å². The Hall–Kier alpha value is -7.80. The fourth-order valence-corrected chi connectivity index (χ4v) is 11.8. The number of azo groups is 4. The highest BCUT2D eigenvalue weighted by atomic mass is 35.5. The third-order valence-electron chi connectivity index (χ3n) is 11.7. The normalized spacial score (nSPS) is 12.4. The van der Waals surface area contributed by atoms with Gasteiger partial charge in [0.15, 0.2) is 11.3 Å². The fraction of sp³-hybridized carbons (Fsp3) is 0.269. The Kier molecular flexibility index (Phi) is 21.4. The molecule has 7 aromatic rings. The molecule has 0 unspecified atom stereocenters. The summed E-state index contributed by atoms with van der Waals surface area (Å²) in [7, 11) is -12.9. The van der Waals surface area contributed by atoms with Crippen molar-refractivity contribution in [3.63, 3.8) is 0 Å². The molecule has 2 heterocycles. The first-order chi connectivity index (χ1) is 39.8. The van der Waals surface area contributed by atoms with Gasteiger partial charge in [-0.05, 0) is 123 Å². The number of rotatable bonds is 26. The lowest BCUT2D eigenvalue weighted by Crippen LogP contribution is -2.06. The summed E-state index contributed by atoms with van der Waals surface area (Å²) in [5.41, 5.74) is 3.57. The van der Waals surface area contributed by atoms with Gasteiger partial charge in [-0.15, -0.1) is 54.2 Å². The molecule has 0 aliphatic rings. The standard InChI is InChI=1S/C52H52ClN13O13S5/c1-30-23-43(62-65-50-31(2)36(29-54)51-57-37-11-5-6-12-46(37)66(51)52(50)69)47(79-17-7-8-20-82(70,71)72)26-38(30)59-63-44-25-40(56-33(4)68)42(28-49(44)81-19-10-22-84(76,77)78)61-64-45-24-39(55-32(3)67)41(60-58-35-15-13-34(53)14-16-35)27-48(45)80-18-9-21-83(73,74)75/h5-6,11-16,23-28,69H,7-10,17-22H2,1-4H3,(H,55,67)(H,56,68)(H,70,71,72)(H,73,74,75)(H,76,77,78). The number of aromatic hydroxyl groups is 1. The number of carbonyl (C=O) groups excluding carboxylic acids is 2. The molecule has 7 rings (SSSR count). The highest BCUT2D eigenvalue weighted by Gasteiger charge is 2.22. The number of thioether (sulfide) groups is 2. The van der Waals surface area contributed by atoms with Crippen LogP contribution < -0.4 is 15.4 Å². The number of anilines is 2. The molecule has 5 aromatic carbocycles. The van der Waals surface area contributed by atoms with Crippen molar-refractivity contribution in [3.05, 3.63) is 107 Å². The smallest absolute Gasteiger partial charge is 0.264 e. The summed E-state index contributed by atoms with van der Waals surface area (Å²) in [5.74, 6) is -2.65.